The van der Waals surface area contributed by atoms with Crippen LogP contribution in [0, 0.1) is 5.92 Å². The van der Waals surface area contributed by atoms with Crippen molar-refractivity contribution < 1.29 is 40.7 Å². The van der Waals surface area contributed by atoms with E-state index in [1.807, 2.05) is 24.3 Å². The van der Waals surface area contributed by atoms with E-state index < -0.39 is 59.3 Å². The van der Waals surface area contributed by atoms with Crippen molar-refractivity contribution in [1.29, 1.82) is 0 Å². The molecule has 7 heterocycles. The van der Waals surface area contributed by atoms with Crippen LogP contribution in [0.15, 0.2) is 47.4 Å². The molecule has 12 nitrogen and oxygen atoms in total. The molecule has 5 aliphatic heterocycles. The lowest BCUT2D eigenvalue weighted by Gasteiger charge is -2.51. The number of alkyl halides is 6. The van der Waals surface area contributed by atoms with Gasteiger partial charge in [-0.05, 0) is 68.5 Å². The summed E-state index contributed by atoms with van der Waals surface area (Å²) in [5.74, 6) is -0.145. The minimum atomic E-state index is -5.22. The molecule has 2 atom stereocenters. The molecular weight excluding hydrogens is 746 g/mol. The van der Waals surface area contributed by atoms with E-state index in [1.54, 1.807) is 10.8 Å². The Hall–Kier alpha value is -4.84. The summed E-state index contributed by atoms with van der Waals surface area (Å²) in [4.78, 5) is 55.9. The number of halogens is 6. The second-order valence-corrected chi connectivity index (χ2v) is 15.3. The summed E-state index contributed by atoms with van der Waals surface area (Å²) in [5, 5.41) is 0.781. The Balaban J connectivity index is 1.01. The Kier molecular flexibility index (Phi) is 9.91. The molecule has 1 unspecified atom stereocenters. The van der Waals surface area contributed by atoms with Gasteiger partial charge in [0.15, 0.2) is 6.10 Å². The van der Waals surface area contributed by atoms with Crippen molar-refractivity contribution in [2.24, 2.45) is 5.92 Å². The second-order valence-electron chi connectivity index (χ2n) is 15.3. The maximum Gasteiger partial charge on any atom is 0.418 e. The zero-order valence-electron chi connectivity index (χ0n) is 30.4. The Bertz CT molecular complexity index is 2150. The van der Waals surface area contributed by atoms with E-state index in [-0.39, 0.29) is 37.9 Å². The molecule has 5 saturated heterocycles. The first kappa shape index (κ1) is 38.1. The van der Waals surface area contributed by atoms with Crippen LogP contribution < -0.4 is 11.4 Å². The van der Waals surface area contributed by atoms with Gasteiger partial charge in [-0.2, -0.15) is 26.3 Å². The Morgan fingerprint density at radius 1 is 0.875 bits per heavy atom. The van der Waals surface area contributed by atoms with Gasteiger partial charge in [0, 0.05) is 69.7 Å². The second kappa shape index (κ2) is 14.6. The summed E-state index contributed by atoms with van der Waals surface area (Å²) in [6.07, 6.45) is -9.34. The van der Waals surface area contributed by atoms with Crippen molar-refractivity contribution in [3.8, 4) is 0 Å². The normalized spacial score (nSPS) is 23.2. The van der Waals surface area contributed by atoms with Crippen molar-refractivity contribution in [1.82, 2.24) is 34.1 Å². The van der Waals surface area contributed by atoms with Crippen molar-refractivity contribution in [3.05, 3.63) is 69.8 Å². The molecule has 0 saturated carbocycles. The number of likely N-dealkylation sites (tertiary alicyclic amines) is 1. The molecule has 2 aromatic carbocycles. The molecule has 5 aliphatic rings. The topological polar surface area (TPSA) is 133 Å². The standard InChI is InChI=1S/C38H42F6N8O4/c39-37(40,41)26-17-22(18-27(32(26)45)38(42,43)44)19-31(34(53)50-15-13-49(14-16-50)30-21-48-9-5-23(30)6-10-48)56-36(55)51-11-7-24(8-12-51)52-29-20-46-28-4-2-1-3-25(28)33(29)47-35(52)54/h1-4,17-18,20,23-24,30-31H,5-16,19,21,45H2,(H,47,54)/t30?,31-/m1/s1. The molecule has 4 aromatic rings. The van der Waals surface area contributed by atoms with Crippen LogP contribution in [-0.4, -0.2) is 117 Å². The number of aromatic amines is 1. The lowest BCUT2D eigenvalue weighted by Crippen LogP contribution is -2.62. The van der Waals surface area contributed by atoms with Crippen LogP contribution >= 0.6 is 0 Å². The number of ether oxygens (including phenoxy) is 1. The van der Waals surface area contributed by atoms with E-state index >= 15 is 0 Å². The number of rotatable bonds is 6. The number of benzene rings is 2. The number of carbonyl (C=O) groups is 2. The van der Waals surface area contributed by atoms with Crippen LogP contribution in [-0.2, 0) is 28.3 Å². The molecule has 300 valence electrons. The van der Waals surface area contributed by atoms with Gasteiger partial charge in [-0.15, -0.1) is 0 Å². The number of nitrogens with one attached hydrogen (secondary N) is 1. The number of anilines is 1. The first-order chi connectivity index (χ1) is 26.7. The highest BCUT2D eigenvalue weighted by Crippen LogP contribution is 2.42. The predicted octanol–water partition coefficient (Wildman–Crippen LogP) is 5.12. The number of hydrogen-bond donors (Lipinski definition) is 2. The monoisotopic (exact) mass is 788 g/mol. The van der Waals surface area contributed by atoms with Crippen LogP contribution in [0.5, 0.6) is 0 Å². The first-order valence-electron chi connectivity index (χ1n) is 18.9. The summed E-state index contributed by atoms with van der Waals surface area (Å²) in [6.45, 7) is 4.89. The Labute approximate surface area is 317 Å². The van der Waals surface area contributed by atoms with Gasteiger partial charge >= 0.3 is 24.1 Å². The van der Waals surface area contributed by atoms with Crippen LogP contribution in [0.2, 0.25) is 0 Å². The van der Waals surface area contributed by atoms with E-state index in [9.17, 15) is 40.7 Å². The predicted molar refractivity (Wildman–Crippen MR) is 194 cm³/mol. The van der Waals surface area contributed by atoms with E-state index in [4.69, 9.17) is 10.5 Å². The van der Waals surface area contributed by atoms with Crippen LogP contribution in [0.1, 0.15) is 48.4 Å². The summed E-state index contributed by atoms with van der Waals surface area (Å²) in [7, 11) is 0. The third-order valence-corrected chi connectivity index (χ3v) is 12.1. The summed E-state index contributed by atoms with van der Waals surface area (Å²) in [5.41, 5.74) is 1.64. The van der Waals surface area contributed by atoms with Crippen molar-refractivity contribution in [2.75, 3.05) is 64.6 Å². The number of imidazole rings is 1. The molecule has 0 spiro atoms. The summed E-state index contributed by atoms with van der Waals surface area (Å²) in [6, 6.07) is 8.37. The van der Waals surface area contributed by atoms with Crippen LogP contribution in [0.25, 0.3) is 21.9 Å². The maximum atomic E-state index is 14.1. The fourth-order valence-corrected chi connectivity index (χ4v) is 9.11. The Morgan fingerprint density at radius 3 is 2.12 bits per heavy atom. The molecule has 9 rings (SSSR count). The Morgan fingerprint density at radius 2 is 1.52 bits per heavy atom. The smallest absolute Gasteiger partial charge is 0.418 e. The highest BCUT2D eigenvalue weighted by atomic mass is 19.4. The largest absolute Gasteiger partial charge is 0.436 e. The molecule has 5 fully saturated rings. The molecule has 0 radical (unpaired) electrons. The van der Waals surface area contributed by atoms with Gasteiger partial charge in [-0.25, -0.2) is 9.59 Å². The molecular formula is C38H42F6N8O4. The van der Waals surface area contributed by atoms with Crippen LogP contribution in [0.3, 0.4) is 0 Å². The number of aromatic nitrogens is 3. The summed E-state index contributed by atoms with van der Waals surface area (Å²) >= 11 is 0. The van der Waals surface area contributed by atoms with Gasteiger partial charge in [-0.1, -0.05) is 18.2 Å². The number of para-hydroxylation sites is 1. The number of amides is 2. The molecule has 0 aliphatic carbocycles. The van der Waals surface area contributed by atoms with Crippen molar-refractivity contribution >= 4 is 39.6 Å². The van der Waals surface area contributed by atoms with E-state index in [0.717, 1.165) is 43.4 Å². The van der Waals surface area contributed by atoms with Crippen molar-refractivity contribution in [2.45, 2.75) is 62.6 Å². The number of carbonyl (C=O) groups excluding carboxylic acids is 2. The third kappa shape index (κ3) is 7.28. The first-order valence-corrected chi connectivity index (χ1v) is 18.9. The zero-order valence-corrected chi connectivity index (χ0v) is 30.4. The summed E-state index contributed by atoms with van der Waals surface area (Å²) < 4.78 is 91.0. The van der Waals surface area contributed by atoms with Crippen molar-refractivity contribution in [3.63, 3.8) is 0 Å². The number of hydrogen-bond acceptors (Lipinski definition) is 8. The minimum Gasteiger partial charge on any atom is -0.436 e. The average Bonchev–Trinajstić information content (AvgIpc) is 3.53. The zero-order chi connectivity index (χ0) is 39.5. The van der Waals surface area contributed by atoms with E-state index in [1.165, 1.54) is 9.80 Å². The number of nitrogens with two attached hydrogens (primary N) is 1. The lowest BCUT2D eigenvalue weighted by molar-refractivity contribution is -0.143. The number of piperazine rings is 1. The van der Waals surface area contributed by atoms with E-state index in [2.05, 4.69) is 19.8 Å². The van der Waals surface area contributed by atoms with Gasteiger partial charge in [0.2, 0.25) is 0 Å². The quantitative estimate of drug-likeness (QED) is 0.203. The van der Waals surface area contributed by atoms with Gasteiger partial charge < -0.3 is 30.2 Å². The number of fused-ring (bicyclic) bond motifs is 6. The van der Waals surface area contributed by atoms with E-state index in [0.29, 0.717) is 61.1 Å². The highest BCUT2D eigenvalue weighted by molar-refractivity contribution is 6.01. The van der Waals surface area contributed by atoms with Gasteiger partial charge in [-0.3, -0.25) is 19.2 Å². The van der Waals surface area contributed by atoms with Gasteiger partial charge in [0.05, 0.1) is 39.6 Å². The fraction of sp³-hybridized carbons (Fsp3) is 0.526. The molecule has 56 heavy (non-hydrogen) atoms. The minimum absolute atomic E-state index is 0.112. The number of H-pyrrole nitrogens is 1. The number of nitrogens with zero attached hydrogens (tertiary/aromatic N) is 6. The number of pyridine rings is 1. The fourth-order valence-electron chi connectivity index (χ4n) is 9.11. The molecule has 2 aromatic heterocycles. The molecule has 3 N–H and O–H groups in total. The SMILES string of the molecule is Nc1c(C(F)(F)F)cc(C[C@@H](OC(=O)N2CCC(n3c(=O)[nH]c4c5ccccc5ncc43)CC2)C(=O)N2CCN(C3CN4CCC3CC4)CC2)cc1C(F)(F)F. The number of piperidine rings is 4. The molecule has 2 amide bonds. The lowest BCUT2D eigenvalue weighted by atomic mass is 9.83. The third-order valence-electron chi connectivity index (χ3n) is 12.1. The van der Waals surface area contributed by atoms with Gasteiger partial charge in [0.1, 0.15) is 0 Å². The number of nitrogen functional groups attached to an aromatic ring is 1. The maximum absolute atomic E-state index is 14.1. The molecule has 18 heteroatoms. The van der Waals surface area contributed by atoms with Gasteiger partial charge in [0.25, 0.3) is 5.91 Å². The highest BCUT2D eigenvalue weighted by Gasteiger charge is 2.43. The average molecular weight is 789 g/mol. The van der Waals surface area contributed by atoms with Crippen LogP contribution in [0.4, 0.5) is 36.8 Å². The molecule has 2 bridgehead atoms.